The standard InChI is InChI=1S/C19H28N4O/c1-22-11-9-16-15(13-22)12-20-18(21-16)17-8-5-10-23(17)19(24)14-6-3-2-4-7-14/h12,14,17H,2-11,13H2,1H3/t17-/m1/s1. The summed E-state index contributed by atoms with van der Waals surface area (Å²) >= 11 is 0. The van der Waals surface area contributed by atoms with Crippen LogP contribution in [0.2, 0.25) is 0 Å². The molecule has 2 fully saturated rings. The monoisotopic (exact) mass is 328 g/mol. The molecule has 1 saturated heterocycles. The Morgan fingerprint density at radius 1 is 1.12 bits per heavy atom. The molecule has 1 amide bonds. The summed E-state index contributed by atoms with van der Waals surface area (Å²) in [4.78, 5) is 26.9. The largest absolute Gasteiger partial charge is 0.332 e. The number of likely N-dealkylation sites (N-methyl/N-ethyl adjacent to an activating group) is 1. The minimum Gasteiger partial charge on any atom is -0.332 e. The quantitative estimate of drug-likeness (QED) is 0.837. The topological polar surface area (TPSA) is 49.3 Å². The Labute approximate surface area is 144 Å². The summed E-state index contributed by atoms with van der Waals surface area (Å²) in [5, 5.41) is 0. The van der Waals surface area contributed by atoms with E-state index in [1.807, 2.05) is 6.20 Å². The third-order valence-corrected chi connectivity index (χ3v) is 5.93. The van der Waals surface area contributed by atoms with Gasteiger partial charge in [-0.3, -0.25) is 4.79 Å². The fourth-order valence-corrected chi connectivity index (χ4v) is 4.52. The second-order valence-electron chi connectivity index (χ2n) is 7.71. The molecular formula is C19H28N4O. The van der Waals surface area contributed by atoms with Crippen LogP contribution in [0.25, 0.3) is 0 Å². The zero-order chi connectivity index (χ0) is 16.5. The van der Waals surface area contributed by atoms with Gasteiger partial charge in [0.2, 0.25) is 5.91 Å². The van der Waals surface area contributed by atoms with Gasteiger partial charge < -0.3 is 9.80 Å². The lowest BCUT2D eigenvalue weighted by atomic mass is 9.88. The smallest absolute Gasteiger partial charge is 0.226 e. The first-order valence-electron chi connectivity index (χ1n) is 9.56. The molecule has 130 valence electrons. The molecule has 3 heterocycles. The van der Waals surface area contributed by atoms with Crippen molar-refractivity contribution >= 4 is 5.91 Å². The first kappa shape index (κ1) is 16.0. The van der Waals surface area contributed by atoms with Gasteiger partial charge in [0.25, 0.3) is 0 Å². The number of amides is 1. The molecule has 1 aromatic heterocycles. The van der Waals surface area contributed by atoms with Crippen LogP contribution in [0.5, 0.6) is 0 Å². The Kier molecular flexibility index (Phi) is 4.53. The Morgan fingerprint density at radius 3 is 2.79 bits per heavy atom. The summed E-state index contributed by atoms with van der Waals surface area (Å²) in [5.74, 6) is 1.48. The highest BCUT2D eigenvalue weighted by Crippen LogP contribution is 2.35. The van der Waals surface area contributed by atoms with Crippen LogP contribution in [0, 0.1) is 5.92 Å². The summed E-state index contributed by atoms with van der Waals surface area (Å²) in [6, 6.07) is 0.101. The molecule has 24 heavy (non-hydrogen) atoms. The Balaban J connectivity index is 1.53. The highest BCUT2D eigenvalue weighted by atomic mass is 16.2. The van der Waals surface area contributed by atoms with Crippen LogP contribution < -0.4 is 0 Å². The molecule has 5 nitrogen and oxygen atoms in total. The third-order valence-electron chi connectivity index (χ3n) is 5.93. The van der Waals surface area contributed by atoms with Crippen molar-refractivity contribution in [3.63, 3.8) is 0 Å². The van der Waals surface area contributed by atoms with Crippen LogP contribution in [0.1, 0.15) is 68.1 Å². The number of aromatic nitrogens is 2. The molecule has 4 rings (SSSR count). The van der Waals surface area contributed by atoms with Crippen molar-refractivity contribution in [2.24, 2.45) is 5.92 Å². The van der Waals surface area contributed by atoms with Gasteiger partial charge in [-0.1, -0.05) is 19.3 Å². The molecule has 1 aromatic rings. The van der Waals surface area contributed by atoms with Gasteiger partial charge in [-0.2, -0.15) is 0 Å². The lowest BCUT2D eigenvalue weighted by Crippen LogP contribution is -2.37. The Hall–Kier alpha value is -1.49. The SMILES string of the molecule is CN1CCc2nc([C@H]3CCCN3C(=O)C3CCCCC3)ncc2C1. The van der Waals surface area contributed by atoms with Crippen molar-refractivity contribution in [1.82, 2.24) is 19.8 Å². The molecule has 0 aromatic carbocycles. The van der Waals surface area contributed by atoms with E-state index < -0.39 is 0 Å². The summed E-state index contributed by atoms with van der Waals surface area (Å²) in [5.41, 5.74) is 2.44. The molecule has 1 atom stereocenters. The molecule has 1 saturated carbocycles. The van der Waals surface area contributed by atoms with Gasteiger partial charge in [0, 0.05) is 49.4 Å². The number of hydrogen-bond donors (Lipinski definition) is 0. The third kappa shape index (κ3) is 3.06. The average molecular weight is 328 g/mol. The molecule has 0 unspecified atom stereocenters. The van der Waals surface area contributed by atoms with Gasteiger partial charge in [0.15, 0.2) is 5.82 Å². The van der Waals surface area contributed by atoms with Gasteiger partial charge in [0.1, 0.15) is 0 Å². The van der Waals surface area contributed by atoms with Gasteiger partial charge in [-0.25, -0.2) is 9.97 Å². The highest BCUT2D eigenvalue weighted by molar-refractivity contribution is 5.79. The van der Waals surface area contributed by atoms with E-state index in [2.05, 4.69) is 21.8 Å². The molecule has 0 N–H and O–H groups in total. The Bertz CT molecular complexity index is 611. The number of hydrogen-bond acceptors (Lipinski definition) is 4. The second-order valence-corrected chi connectivity index (χ2v) is 7.71. The lowest BCUT2D eigenvalue weighted by Gasteiger charge is -2.30. The minimum atomic E-state index is 0.101. The predicted molar refractivity (Wildman–Crippen MR) is 92.3 cm³/mol. The maximum absolute atomic E-state index is 13.0. The van der Waals surface area contributed by atoms with E-state index in [1.54, 1.807) is 0 Å². The lowest BCUT2D eigenvalue weighted by molar-refractivity contribution is -0.137. The van der Waals surface area contributed by atoms with Crippen molar-refractivity contribution in [2.75, 3.05) is 20.1 Å². The summed E-state index contributed by atoms with van der Waals surface area (Å²) in [7, 11) is 2.14. The molecule has 2 aliphatic heterocycles. The van der Waals surface area contributed by atoms with Crippen molar-refractivity contribution in [2.45, 2.75) is 64.0 Å². The normalized spacial score (nSPS) is 25.7. The van der Waals surface area contributed by atoms with E-state index in [0.717, 1.165) is 57.6 Å². The fourth-order valence-electron chi connectivity index (χ4n) is 4.52. The van der Waals surface area contributed by atoms with Crippen LogP contribution in [0.4, 0.5) is 0 Å². The number of carbonyl (C=O) groups excluding carboxylic acids is 1. The van der Waals surface area contributed by atoms with Crippen LogP contribution in [-0.4, -0.2) is 45.8 Å². The highest BCUT2D eigenvalue weighted by Gasteiger charge is 2.36. The maximum atomic E-state index is 13.0. The molecule has 0 bridgehead atoms. The molecule has 0 spiro atoms. The molecule has 5 heteroatoms. The van der Waals surface area contributed by atoms with Crippen molar-refractivity contribution in [3.05, 3.63) is 23.3 Å². The van der Waals surface area contributed by atoms with Crippen molar-refractivity contribution in [3.8, 4) is 0 Å². The summed E-state index contributed by atoms with van der Waals surface area (Å²) < 4.78 is 0. The Morgan fingerprint density at radius 2 is 1.96 bits per heavy atom. The molecule has 3 aliphatic rings. The summed E-state index contributed by atoms with van der Waals surface area (Å²) in [6.45, 7) is 2.87. The predicted octanol–water partition coefficient (Wildman–Crippen LogP) is 2.71. The van der Waals surface area contributed by atoms with Gasteiger partial charge in [0.05, 0.1) is 6.04 Å². The average Bonchev–Trinajstić information content (AvgIpc) is 3.11. The second kappa shape index (κ2) is 6.79. The number of nitrogens with zero attached hydrogens (tertiary/aromatic N) is 4. The number of carbonyl (C=O) groups is 1. The van der Waals surface area contributed by atoms with Crippen LogP contribution in [-0.2, 0) is 17.8 Å². The van der Waals surface area contributed by atoms with Gasteiger partial charge in [-0.05, 0) is 32.7 Å². The molecule has 0 radical (unpaired) electrons. The van der Waals surface area contributed by atoms with Crippen LogP contribution in [0.15, 0.2) is 6.20 Å². The van der Waals surface area contributed by atoms with E-state index in [1.165, 1.54) is 30.5 Å². The molecule has 1 aliphatic carbocycles. The van der Waals surface area contributed by atoms with E-state index >= 15 is 0 Å². The van der Waals surface area contributed by atoms with Crippen LogP contribution in [0.3, 0.4) is 0 Å². The summed E-state index contributed by atoms with van der Waals surface area (Å²) in [6.07, 6.45) is 10.9. The van der Waals surface area contributed by atoms with E-state index in [0.29, 0.717) is 5.91 Å². The maximum Gasteiger partial charge on any atom is 0.226 e. The van der Waals surface area contributed by atoms with Crippen LogP contribution >= 0.6 is 0 Å². The number of likely N-dealkylation sites (tertiary alicyclic amines) is 1. The van der Waals surface area contributed by atoms with Crippen molar-refractivity contribution < 1.29 is 4.79 Å². The van der Waals surface area contributed by atoms with Gasteiger partial charge >= 0.3 is 0 Å². The van der Waals surface area contributed by atoms with E-state index in [-0.39, 0.29) is 12.0 Å². The van der Waals surface area contributed by atoms with Gasteiger partial charge in [-0.15, -0.1) is 0 Å². The first-order valence-corrected chi connectivity index (χ1v) is 9.56. The minimum absolute atomic E-state index is 0.101. The van der Waals surface area contributed by atoms with Crippen molar-refractivity contribution in [1.29, 1.82) is 0 Å². The zero-order valence-corrected chi connectivity index (χ0v) is 14.7. The van der Waals surface area contributed by atoms with E-state index in [9.17, 15) is 4.79 Å². The zero-order valence-electron chi connectivity index (χ0n) is 14.7. The van der Waals surface area contributed by atoms with E-state index in [4.69, 9.17) is 4.98 Å². The fraction of sp³-hybridized carbons (Fsp3) is 0.737. The molecular weight excluding hydrogens is 300 g/mol. The first-order chi connectivity index (χ1) is 11.7. The number of rotatable bonds is 2. The number of fused-ring (bicyclic) bond motifs is 1.